The van der Waals surface area contributed by atoms with E-state index in [-0.39, 0.29) is 37.9 Å². The highest BCUT2D eigenvalue weighted by Crippen LogP contribution is 2.14. The largest absolute Gasteiger partial charge is 0.411 e. The zero-order valence-corrected chi connectivity index (χ0v) is 9.92. The lowest BCUT2D eigenvalue weighted by atomic mass is 10.2. The second-order valence-corrected chi connectivity index (χ2v) is 4.01. The van der Waals surface area contributed by atoms with Crippen LogP contribution < -0.4 is 5.32 Å². The van der Waals surface area contributed by atoms with Crippen LogP contribution in [0.25, 0.3) is 0 Å². The lowest BCUT2D eigenvalue weighted by molar-refractivity contribution is -0.174. The quantitative estimate of drug-likeness (QED) is 0.575. The van der Waals surface area contributed by atoms with Gasteiger partial charge in [-0.3, -0.25) is 19.8 Å². The highest BCUT2D eigenvalue weighted by molar-refractivity contribution is 6.00. The maximum atomic E-state index is 11.8. The Balaban J connectivity index is 2.25. The SMILES string of the molecule is CC1NCC(=O)N(CCCOCC(F)(F)F)C1=O. The molecule has 104 valence electrons. The number of hydrogen-bond donors (Lipinski definition) is 1. The van der Waals surface area contributed by atoms with E-state index in [1.54, 1.807) is 6.92 Å². The van der Waals surface area contributed by atoms with Gasteiger partial charge in [0.2, 0.25) is 11.8 Å². The molecule has 0 aromatic carbocycles. The fourth-order valence-corrected chi connectivity index (χ4v) is 1.53. The third-order valence-corrected chi connectivity index (χ3v) is 2.43. The van der Waals surface area contributed by atoms with Crippen molar-refractivity contribution in [1.29, 1.82) is 0 Å². The predicted octanol–water partition coefficient (Wildman–Crippen LogP) is 0.302. The predicted molar refractivity (Wildman–Crippen MR) is 55.7 cm³/mol. The molecule has 0 aromatic heterocycles. The van der Waals surface area contributed by atoms with Gasteiger partial charge in [-0.25, -0.2) is 0 Å². The summed E-state index contributed by atoms with van der Waals surface area (Å²) in [6.45, 7) is 0.324. The van der Waals surface area contributed by atoms with Crippen molar-refractivity contribution in [3.63, 3.8) is 0 Å². The molecule has 0 radical (unpaired) electrons. The molecule has 1 unspecified atom stereocenters. The molecule has 0 aromatic rings. The van der Waals surface area contributed by atoms with Crippen LogP contribution in [0, 0.1) is 0 Å². The summed E-state index contributed by atoms with van der Waals surface area (Å²) in [6.07, 6.45) is -4.16. The minimum atomic E-state index is -4.35. The number of nitrogens with one attached hydrogen (secondary N) is 1. The summed E-state index contributed by atoms with van der Waals surface area (Å²) in [5.74, 6) is -0.726. The van der Waals surface area contributed by atoms with Crippen LogP contribution in [0.5, 0.6) is 0 Å². The zero-order chi connectivity index (χ0) is 13.8. The molecule has 1 N–H and O–H groups in total. The molecule has 0 spiro atoms. The Morgan fingerprint density at radius 3 is 2.72 bits per heavy atom. The van der Waals surface area contributed by atoms with Gasteiger partial charge in [0.25, 0.3) is 0 Å². The van der Waals surface area contributed by atoms with E-state index in [4.69, 9.17) is 0 Å². The van der Waals surface area contributed by atoms with Crippen molar-refractivity contribution < 1.29 is 27.5 Å². The molecule has 1 aliphatic heterocycles. The fourth-order valence-electron chi connectivity index (χ4n) is 1.53. The zero-order valence-electron chi connectivity index (χ0n) is 9.92. The van der Waals surface area contributed by atoms with Gasteiger partial charge in [-0.2, -0.15) is 13.2 Å². The molecule has 5 nitrogen and oxygen atoms in total. The van der Waals surface area contributed by atoms with Gasteiger partial charge >= 0.3 is 6.18 Å². The summed E-state index contributed by atoms with van der Waals surface area (Å²) in [5, 5.41) is 2.71. The Kier molecular flexibility index (Phi) is 5.09. The standard InChI is InChI=1S/C10H15F3N2O3/c1-7-9(17)15(8(16)5-14-7)3-2-4-18-6-10(11,12)13/h7,14H,2-6H2,1H3. The summed E-state index contributed by atoms with van der Waals surface area (Å²) in [5.41, 5.74) is 0. The van der Waals surface area contributed by atoms with Gasteiger partial charge in [-0.1, -0.05) is 0 Å². The monoisotopic (exact) mass is 268 g/mol. The van der Waals surface area contributed by atoms with Gasteiger partial charge in [0.15, 0.2) is 0 Å². The number of ether oxygens (including phenoxy) is 1. The number of nitrogens with zero attached hydrogens (tertiary/aromatic N) is 1. The number of carbonyl (C=O) groups is 2. The van der Waals surface area contributed by atoms with Gasteiger partial charge in [-0.05, 0) is 13.3 Å². The second-order valence-electron chi connectivity index (χ2n) is 4.01. The summed E-state index contributed by atoms with van der Waals surface area (Å²) in [4.78, 5) is 24.0. The molecule has 8 heteroatoms. The highest BCUT2D eigenvalue weighted by atomic mass is 19.4. The Labute approximate surface area is 102 Å². The van der Waals surface area contributed by atoms with Crippen LogP contribution in [0.15, 0.2) is 0 Å². The number of imide groups is 1. The lowest BCUT2D eigenvalue weighted by Gasteiger charge is -2.29. The lowest BCUT2D eigenvalue weighted by Crippen LogP contribution is -2.57. The van der Waals surface area contributed by atoms with Gasteiger partial charge in [0, 0.05) is 13.2 Å². The van der Waals surface area contributed by atoms with E-state index in [0.29, 0.717) is 0 Å². The van der Waals surface area contributed by atoms with Gasteiger partial charge < -0.3 is 4.74 Å². The van der Waals surface area contributed by atoms with Crippen LogP contribution >= 0.6 is 0 Å². The maximum Gasteiger partial charge on any atom is 0.411 e. The number of carbonyl (C=O) groups excluding carboxylic acids is 2. The minimum Gasteiger partial charge on any atom is -0.372 e. The van der Waals surface area contributed by atoms with E-state index < -0.39 is 18.8 Å². The van der Waals surface area contributed by atoms with Crippen molar-refractivity contribution >= 4 is 11.8 Å². The van der Waals surface area contributed by atoms with Crippen molar-refractivity contribution in [3.05, 3.63) is 0 Å². The first-order valence-electron chi connectivity index (χ1n) is 5.53. The molecule has 18 heavy (non-hydrogen) atoms. The minimum absolute atomic E-state index is 0.0658. The number of piperazine rings is 1. The van der Waals surface area contributed by atoms with Crippen LogP contribution in [0.4, 0.5) is 13.2 Å². The van der Waals surface area contributed by atoms with Crippen molar-refractivity contribution in [2.75, 3.05) is 26.3 Å². The molecule has 0 aliphatic carbocycles. The van der Waals surface area contributed by atoms with Crippen LogP contribution in [-0.4, -0.2) is 55.2 Å². The molecule has 1 aliphatic rings. The highest BCUT2D eigenvalue weighted by Gasteiger charge is 2.31. The Hall–Kier alpha value is -1.15. The molecule has 0 bridgehead atoms. The first kappa shape index (κ1) is 14.9. The molecule has 0 saturated carbocycles. The Morgan fingerprint density at radius 2 is 2.11 bits per heavy atom. The average Bonchev–Trinajstić information content (AvgIpc) is 2.26. The molecule has 1 atom stereocenters. The number of hydrogen-bond acceptors (Lipinski definition) is 4. The fraction of sp³-hybridized carbons (Fsp3) is 0.800. The average molecular weight is 268 g/mol. The molecule has 2 amide bonds. The van der Waals surface area contributed by atoms with Crippen molar-refractivity contribution in [1.82, 2.24) is 10.2 Å². The second kappa shape index (κ2) is 6.14. The third kappa shape index (κ3) is 4.61. The smallest absolute Gasteiger partial charge is 0.372 e. The van der Waals surface area contributed by atoms with E-state index in [2.05, 4.69) is 10.1 Å². The van der Waals surface area contributed by atoms with Gasteiger partial charge in [-0.15, -0.1) is 0 Å². The molecular weight excluding hydrogens is 253 g/mol. The van der Waals surface area contributed by atoms with E-state index in [1.165, 1.54) is 0 Å². The van der Waals surface area contributed by atoms with E-state index in [1.807, 2.05) is 0 Å². The van der Waals surface area contributed by atoms with Crippen LogP contribution in [0.1, 0.15) is 13.3 Å². The first-order valence-corrected chi connectivity index (χ1v) is 5.53. The molecule has 1 rings (SSSR count). The summed E-state index contributed by atoms with van der Waals surface area (Å²) < 4.78 is 39.7. The first-order chi connectivity index (χ1) is 8.31. The summed E-state index contributed by atoms with van der Waals surface area (Å²) in [6, 6.07) is -0.446. The molecule has 1 heterocycles. The Morgan fingerprint density at radius 1 is 1.44 bits per heavy atom. The number of alkyl halides is 3. The van der Waals surface area contributed by atoms with Crippen molar-refractivity contribution in [3.8, 4) is 0 Å². The van der Waals surface area contributed by atoms with Crippen molar-refractivity contribution in [2.24, 2.45) is 0 Å². The molecular formula is C10H15F3N2O3. The molecule has 1 fully saturated rings. The van der Waals surface area contributed by atoms with Crippen LogP contribution in [0.3, 0.4) is 0 Å². The van der Waals surface area contributed by atoms with E-state index in [9.17, 15) is 22.8 Å². The summed E-state index contributed by atoms with van der Waals surface area (Å²) >= 11 is 0. The normalized spacial score (nSPS) is 21.6. The molecule has 1 saturated heterocycles. The Bertz CT molecular complexity index is 320. The van der Waals surface area contributed by atoms with E-state index in [0.717, 1.165) is 4.90 Å². The number of amides is 2. The van der Waals surface area contributed by atoms with E-state index >= 15 is 0 Å². The topological polar surface area (TPSA) is 58.6 Å². The van der Waals surface area contributed by atoms with Crippen LogP contribution in [-0.2, 0) is 14.3 Å². The van der Waals surface area contributed by atoms with Crippen LogP contribution in [0.2, 0.25) is 0 Å². The maximum absolute atomic E-state index is 11.8. The van der Waals surface area contributed by atoms with Gasteiger partial charge in [0.05, 0.1) is 12.6 Å². The number of halogens is 3. The number of rotatable bonds is 5. The summed E-state index contributed by atoms with van der Waals surface area (Å²) in [7, 11) is 0. The van der Waals surface area contributed by atoms with Gasteiger partial charge in [0.1, 0.15) is 6.61 Å². The van der Waals surface area contributed by atoms with Crippen molar-refractivity contribution in [2.45, 2.75) is 25.6 Å². The third-order valence-electron chi connectivity index (χ3n) is 2.43.